The van der Waals surface area contributed by atoms with E-state index in [1.54, 1.807) is 0 Å². The van der Waals surface area contributed by atoms with Gasteiger partial charge >= 0.3 is 0 Å². The molecule has 2 nitrogen and oxygen atoms in total. The second kappa shape index (κ2) is 7.16. The normalized spacial score (nSPS) is 12.2. The second-order valence-corrected chi connectivity index (χ2v) is 6.18. The molecule has 1 unspecified atom stereocenters. The van der Waals surface area contributed by atoms with E-state index < -0.39 is 0 Å². The Labute approximate surface area is 128 Å². The second-order valence-electron chi connectivity index (χ2n) is 6.18. The quantitative estimate of drug-likeness (QED) is 0.806. The highest BCUT2D eigenvalue weighted by Gasteiger charge is 2.13. The molecule has 0 spiro atoms. The zero-order valence-electron chi connectivity index (χ0n) is 13.5. The largest absolute Gasteiger partial charge is 0.378 e. The number of anilines is 2. The number of nitrogens with one attached hydrogen (secondary N) is 1. The van der Waals surface area contributed by atoms with Crippen LogP contribution in [0, 0.1) is 5.92 Å². The Kier molecular flexibility index (Phi) is 5.26. The van der Waals surface area contributed by atoms with Gasteiger partial charge in [0.25, 0.3) is 0 Å². The highest BCUT2D eigenvalue weighted by molar-refractivity contribution is 5.55. The van der Waals surface area contributed by atoms with Crippen LogP contribution >= 0.6 is 0 Å². The standard InChI is InChI=1S/C19H26N2/c1-15(2)14-19(16-8-6-5-7-9-16)20-17-10-12-18(13-11-17)21(3)4/h5-13,15,19-20H,14H2,1-4H3. The molecule has 0 saturated heterocycles. The maximum absolute atomic E-state index is 3.67. The van der Waals surface area contributed by atoms with E-state index in [4.69, 9.17) is 0 Å². The maximum Gasteiger partial charge on any atom is 0.0516 e. The van der Waals surface area contributed by atoms with Gasteiger partial charge in [-0.3, -0.25) is 0 Å². The molecule has 1 atom stereocenters. The van der Waals surface area contributed by atoms with Crippen LogP contribution in [0.5, 0.6) is 0 Å². The molecule has 21 heavy (non-hydrogen) atoms. The van der Waals surface area contributed by atoms with Crippen LogP contribution in [-0.2, 0) is 0 Å². The molecule has 0 bridgehead atoms. The maximum atomic E-state index is 3.67. The van der Waals surface area contributed by atoms with Gasteiger partial charge in [0.15, 0.2) is 0 Å². The summed E-state index contributed by atoms with van der Waals surface area (Å²) in [7, 11) is 4.13. The molecule has 0 heterocycles. The van der Waals surface area contributed by atoms with Crippen LogP contribution in [0.3, 0.4) is 0 Å². The summed E-state index contributed by atoms with van der Waals surface area (Å²) in [5.41, 5.74) is 3.75. The smallest absolute Gasteiger partial charge is 0.0516 e. The molecule has 0 fully saturated rings. The monoisotopic (exact) mass is 282 g/mol. The van der Waals surface area contributed by atoms with Gasteiger partial charge < -0.3 is 10.2 Å². The molecule has 0 aliphatic rings. The molecule has 0 aromatic heterocycles. The Morgan fingerprint density at radius 1 is 0.905 bits per heavy atom. The summed E-state index contributed by atoms with van der Waals surface area (Å²) >= 11 is 0. The van der Waals surface area contributed by atoms with Gasteiger partial charge in [0.05, 0.1) is 6.04 Å². The first kappa shape index (κ1) is 15.4. The molecule has 0 aliphatic heterocycles. The van der Waals surface area contributed by atoms with Crippen molar-refractivity contribution in [1.29, 1.82) is 0 Å². The van der Waals surface area contributed by atoms with E-state index in [1.165, 1.54) is 16.9 Å². The lowest BCUT2D eigenvalue weighted by Crippen LogP contribution is -2.13. The zero-order chi connectivity index (χ0) is 15.2. The molecule has 0 amide bonds. The number of hydrogen-bond donors (Lipinski definition) is 1. The summed E-state index contributed by atoms with van der Waals surface area (Å²) in [6.45, 7) is 4.54. The van der Waals surface area contributed by atoms with E-state index in [-0.39, 0.29) is 0 Å². The summed E-state index contributed by atoms with van der Waals surface area (Å²) < 4.78 is 0. The molecule has 2 aromatic carbocycles. The minimum absolute atomic E-state index is 0.358. The van der Waals surface area contributed by atoms with Gasteiger partial charge in [-0.2, -0.15) is 0 Å². The van der Waals surface area contributed by atoms with E-state index in [9.17, 15) is 0 Å². The van der Waals surface area contributed by atoms with Crippen molar-refractivity contribution in [3.8, 4) is 0 Å². The van der Waals surface area contributed by atoms with Crippen LogP contribution in [0.2, 0.25) is 0 Å². The topological polar surface area (TPSA) is 15.3 Å². The van der Waals surface area contributed by atoms with Gasteiger partial charge in [-0.25, -0.2) is 0 Å². The average Bonchev–Trinajstić information content (AvgIpc) is 2.47. The van der Waals surface area contributed by atoms with Crippen LogP contribution in [0.1, 0.15) is 31.9 Å². The number of rotatable bonds is 6. The highest BCUT2D eigenvalue weighted by Crippen LogP contribution is 2.26. The van der Waals surface area contributed by atoms with Crippen molar-refractivity contribution in [2.24, 2.45) is 5.92 Å². The summed E-state index contributed by atoms with van der Waals surface area (Å²) in [6, 6.07) is 19.7. The Hall–Kier alpha value is -1.96. The van der Waals surface area contributed by atoms with Crippen molar-refractivity contribution in [3.63, 3.8) is 0 Å². The summed E-state index contributed by atoms with van der Waals surface area (Å²) in [6.07, 6.45) is 1.12. The van der Waals surface area contributed by atoms with Crippen LogP contribution < -0.4 is 10.2 Å². The first-order chi connectivity index (χ1) is 10.1. The third-order valence-electron chi connectivity index (χ3n) is 3.63. The number of nitrogens with zero attached hydrogens (tertiary/aromatic N) is 1. The first-order valence-electron chi connectivity index (χ1n) is 7.65. The molecule has 112 valence electrons. The fraction of sp³-hybridized carbons (Fsp3) is 0.368. The predicted octanol–water partition coefficient (Wildman–Crippen LogP) is 4.95. The Balaban J connectivity index is 2.15. The fourth-order valence-electron chi connectivity index (χ4n) is 2.49. The van der Waals surface area contributed by atoms with Gasteiger partial charge in [-0.1, -0.05) is 44.2 Å². The minimum Gasteiger partial charge on any atom is -0.378 e. The summed E-state index contributed by atoms with van der Waals surface area (Å²) in [5, 5.41) is 3.67. The minimum atomic E-state index is 0.358. The van der Waals surface area contributed by atoms with Crippen molar-refractivity contribution >= 4 is 11.4 Å². The van der Waals surface area contributed by atoms with Crippen molar-refractivity contribution in [1.82, 2.24) is 0 Å². The third kappa shape index (κ3) is 4.52. The van der Waals surface area contributed by atoms with Gasteiger partial charge in [0, 0.05) is 25.5 Å². The Morgan fingerprint density at radius 3 is 2.05 bits per heavy atom. The third-order valence-corrected chi connectivity index (χ3v) is 3.63. The van der Waals surface area contributed by atoms with Crippen molar-refractivity contribution in [2.75, 3.05) is 24.3 Å². The average molecular weight is 282 g/mol. The zero-order valence-corrected chi connectivity index (χ0v) is 13.5. The summed E-state index contributed by atoms with van der Waals surface area (Å²) in [4.78, 5) is 2.12. The molecule has 1 N–H and O–H groups in total. The van der Waals surface area contributed by atoms with E-state index in [1.807, 2.05) is 0 Å². The Morgan fingerprint density at radius 2 is 1.52 bits per heavy atom. The van der Waals surface area contributed by atoms with Gasteiger partial charge in [-0.15, -0.1) is 0 Å². The van der Waals surface area contributed by atoms with Crippen LogP contribution in [0.25, 0.3) is 0 Å². The molecule has 0 saturated carbocycles. The van der Waals surface area contributed by atoms with Gasteiger partial charge in [0.2, 0.25) is 0 Å². The fourth-order valence-corrected chi connectivity index (χ4v) is 2.49. The lowest BCUT2D eigenvalue weighted by molar-refractivity contribution is 0.531. The SMILES string of the molecule is CC(C)CC(Nc1ccc(N(C)C)cc1)c1ccccc1. The number of benzene rings is 2. The van der Waals surface area contributed by atoms with Gasteiger partial charge in [-0.05, 0) is 42.2 Å². The molecule has 2 rings (SSSR count). The highest BCUT2D eigenvalue weighted by atomic mass is 15.1. The van der Waals surface area contributed by atoms with Crippen molar-refractivity contribution < 1.29 is 0 Å². The molecule has 0 radical (unpaired) electrons. The lowest BCUT2D eigenvalue weighted by Gasteiger charge is -2.23. The molecule has 2 aromatic rings. The van der Waals surface area contributed by atoms with Crippen LogP contribution in [0.4, 0.5) is 11.4 Å². The molecular formula is C19H26N2. The first-order valence-corrected chi connectivity index (χ1v) is 7.65. The van der Waals surface area contributed by atoms with Crippen molar-refractivity contribution in [3.05, 3.63) is 60.2 Å². The predicted molar refractivity (Wildman–Crippen MR) is 93.0 cm³/mol. The van der Waals surface area contributed by atoms with E-state index in [0.29, 0.717) is 12.0 Å². The van der Waals surface area contributed by atoms with E-state index in [2.05, 4.69) is 92.8 Å². The van der Waals surface area contributed by atoms with E-state index in [0.717, 1.165) is 6.42 Å². The van der Waals surface area contributed by atoms with Crippen molar-refractivity contribution in [2.45, 2.75) is 26.3 Å². The lowest BCUT2D eigenvalue weighted by atomic mass is 9.97. The Bertz CT molecular complexity index is 529. The molecular weight excluding hydrogens is 256 g/mol. The molecule has 0 aliphatic carbocycles. The van der Waals surface area contributed by atoms with Crippen LogP contribution in [-0.4, -0.2) is 14.1 Å². The summed E-state index contributed by atoms with van der Waals surface area (Å²) in [5.74, 6) is 0.656. The van der Waals surface area contributed by atoms with Gasteiger partial charge in [0.1, 0.15) is 0 Å². The molecule has 2 heteroatoms. The van der Waals surface area contributed by atoms with Crippen LogP contribution in [0.15, 0.2) is 54.6 Å². The number of hydrogen-bond acceptors (Lipinski definition) is 2. The van der Waals surface area contributed by atoms with E-state index >= 15 is 0 Å².